The summed E-state index contributed by atoms with van der Waals surface area (Å²) in [5.41, 5.74) is 5.98. The quantitative estimate of drug-likeness (QED) is 0.500. The molecule has 0 aromatic heterocycles. The molecule has 1 aromatic carbocycles. The SMILES string of the molecule is Cc1c(N2CCCC2=O)cccc1S(=O)(=O)N[C@@H](C(N)=O)C(=O)N1CCN(CC(F)(F)F)CC1. The summed E-state index contributed by atoms with van der Waals surface area (Å²) >= 11 is 0. The van der Waals surface area contributed by atoms with Gasteiger partial charge in [-0.05, 0) is 31.0 Å². The summed E-state index contributed by atoms with van der Waals surface area (Å²) < 4.78 is 65.9. The van der Waals surface area contributed by atoms with E-state index in [2.05, 4.69) is 0 Å². The monoisotopic (exact) mass is 505 g/mol. The van der Waals surface area contributed by atoms with Gasteiger partial charge in [-0.1, -0.05) is 6.07 Å². The molecule has 3 amide bonds. The zero-order chi connectivity index (χ0) is 25.3. The Morgan fingerprint density at radius 3 is 2.32 bits per heavy atom. The van der Waals surface area contributed by atoms with E-state index in [4.69, 9.17) is 5.73 Å². The third kappa shape index (κ3) is 5.85. The molecule has 0 saturated carbocycles. The van der Waals surface area contributed by atoms with Gasteiger partial charge in [-0.25, -0.2) is 8.42 Å². The summed E-state index contributed by atoms with van der Waals surface area (Å²) in [4.78, 5) is 40.4. The summed E-state index contributed by atoms with van der Waals surface area (Å²) in [6.07, 6.45) is -3.39. The Morgan fingerprint density at radius 2 is 1.79 bits per heavy atom. The predicted octanol–water partition coefficient (Wildman–Crippen LogP) is -0.0395. The van der Waals surface area contributed by atoms with E-state index in [0.717, 1.165) is 9.80 Å². The second-order valence-corrected chi connectivity index (χ2v) is 9.90. The van der Waals surface area contributed by atoms with Crippen LogP contribution in [0.25, 0.3) is 0 Å². The molecular formula is C20H26F3N5O5S. The topological polar surface area (TPSA) is 133 Å². The number of alkyl halides is 3. The Balaban J connectivity index is 1.76. The Kier molecular flexibility index (Phi) is 7.53. The van der Waals surface area contributed by atoms with Crippen molar-refractivity contribution in [3.63, 3.8) is 0 Å². The fraction of sp³-hybridized carbons (Fsp3) is 0.550. The number of nitrogens with two attached hydrogens (primary N) is 1. The van der Waals surface area contributed by atoms with Gasteiger partial charge in [0.1, 0.15) is 0 Å². The molecule has 10 nitrogen and oxygen atoms in total. The number of sulfonamides is 1. The highest BCUT2D eigenvalue weighted by molar-refractivity contribution is 7.89. The van der Waals surface area contributed by atoms with Crippen molar-refractivity contribution in [2.24, 2.45) is 5.73 Å². The first-order chi connectivity index (χ1) is 15.8. The highest BCUT2D eigenvalue weighted by Gasteiger charge is 2.37. The van der Waals surface area contributed by atoms with Gasteiger partial charge >= 0.3 is 6.18 Å². The summed E-state index contributed by atoms with van der Waals surface area (Å²) in [6, 6.07) is 2.40. The molecule has 0 bridgehead atoms. The molecule has 2 saturated heterocycles. The molecule has 2 heterocycles. The van der Waals surface area contributed by atoms with E-state index >= 15 is 0 Å². The van der Waals surface area contributed by atoms with E-state index in [1.54, 1.807) is 6.07 Å². The number of rotatable bonds is 7. The second-order valence-electron chi connectivity index (χ2n) is 8.22. The number of halogens is 3. The van der Waals surface area contributed by atoms with Gasteiger partial charge in [0.2, 0.25) is 21.8 Å². The standard InChI is InChI=1S/C20H26F3N5O5S/c1-13-14(28-7-3-6-16(28)29)4-2-5-15(13)34(32,33)25-17(18(24)30)19(31)27-10-8-26(9-11-27)12-20(21,22)23/h2,4-5,17,25H,3,6-12H2,1H3,(H2,24,30)/t17-/m0/s1. The third-order valence-corrected chi connectivity index (χ3v) is 7.37. The van der Waals surface area contributed by atoms with E-state index in [9.17, 15) is 36.0 Å². The van der Waals surface area contributed by atoms with Gasteiger partial charge < -0.3 is 15.5 Å². The molecule has 14 heteroatoms. The molecule has 2 aliphatic heterocycles. The van der Waals surface area contributed by atoms with Crippen molar-refractivity contribution in [1.29, 1.82) is 0 Å². The lowest BCUT2D eigenvalue weighted by atomic mass is 10.2. The largest absolute Gasteiger partial charge is 0.401 e. The Bertz CT molecular complexity index is 1070. The average Bonchev–Trinajstić information content (AvgIpc) is 3.16. The summed E-state index contributed by atoms with van der Waals surface area (Å²) in [5.74, 6) is -2.32. The first kappa shape index (κ1) is 25.9. The highest BCUT2D eigenvalue weighted by Crippen LogP contribution is 2.29. The van der Waals surface area contributed by atoms with E-state index in [1.807, 2.05) is 4.72 Å². The van der Waals surface area contributed by atoms with Crippen LogP contribution in [0, 0.1) is 6.92 Å². The number of benzene rings is 1. The van der Waals surface area contributed by atoms with Crippen LogP contribution in [0.15, 0.2) is 23.1 Å². The summed E-state index contributed by atoms with van der Waals surface area (Å²) in [5, 5.41) is 0. The summed E-state index contributed by atoms with van der Waals surface area (Å²) in [6.45, 7) is 0.410. The van der Waals surface area contributed by atoms with E-state index in [1.165, 1.54) is 24.0 Å². The average molecular weight is 506 g/mol. The van der Waals surface area contributed by atoms with E-state index < -0.39 is 40.6 Å². The number of nitrogens with zero attached hydrogens (tertiary/aromatic N) is 3. The minimum absolute atomic E-state index is 0.0888. The number of carbonyl (C=O) groups is 3. The van der Waals surface area contributed by atoms with Gasteiger partial charge in [-0.15, -0.1) is 0 Å². The van der Waals surface area contributed by atoms with Gasteiger partial charge in [-0.2, -0.15) is 17.9 Å². The minimum Gasteiger partial charge on any atom is -0.368 e. The second kappa shape index (κ2) is 9.88. The molecule has 188 valence electrons. The number of piperazine rings is 1. The van der Waals surface area contributed by atoms with Gasteiger partial charge in [0.15, 0.2) is 6.04 Å². The lowest BCUT2D eigenvalue weighted by Crippen LogP contribution is -2.59. The molecule has 1 aromatic rings. The Morgan fingerprint density at radius 1 is 1.15 bits per heavy atom. The molecular weight excluding hydrogens is 479 g/mol. The van der Waals surface area contributed by atoms with Gasteiger partial charge in [0, 0.05) is 44.8 Å². The maximum Gasteiger partial charge on any atom is 0.401 e. The molecule has 0 spiro atoms. The van der Waals surface area contributed by atoms with E-state index in [0.29, 0.717) is 25.1 Å². The van der Waals surface area contributed by atoms with Crippen molar-refractivity contribution in [1.82, 2.24) is 14.5 Å². The number of hydrogen-bond donors (Lipinski definition) is 2. The van der Waals surface area contributed by atoms with Crippen LogP contribution in [0.1, 0.15) is 18.4 Å². The predicted molar refractivity (Wildman–Crippen MR) is 115 cm³/mol. The van der Waals surface area contributed by atoms with Crippen molar-refractivity contribution in [3.8, 4) is 0 Å². The van der Waals surface area contributed by atoms with Crippen LogP contribution in [0.2, 0.25) is 0 Å². The first-order valence-electron chi connectivity index (χ1n) is 10.6. The number of nitrogens with one attached hydrogen (secondary N) is 1. The third-order valence-electron chi connectivity index (χ3n) is 5.80. The van der Waals surface area contributed by atoms with Crippen LogP contribution >= 0.6 is 0 Å². The fourth-order valence-corrected chi connectivity index (χ4v) is 5.52. The molecule has 1 atom stereocenters. The summed E-state index contributed by atoms with van der Waals surface area (Å²) in [7, 11) is -4.42. The Labute approximate surface area is 194 Å². The van der Waals surface area contributed by atoms with Crippen LogP contribution in [0.3, 0.4) is 0 Å². The van der Waals surface area contributed by atoms with Crippen molar-refractivity contribution in [2.45, 2.75) is 36.9 Å². The van der Waals surface area contributed by atoms with Crippen LogP contribution in [0.5, 0.6) is 0 Å². The van der Waals surface area contributed by atoms with Crippen LogP contribution in [0.4, 0.5) is 18.9 Å². The maximum atomic E-state index is 13.1. The molecule has 2 aliphatic rings. The molecule has 0 aliphatic carbocycles. The number of hydrogen-bond acceptors (Lipinski definition) is 6. The van der Waals surface area contributed by atoms with Crippen molar-refractivity contribution in [3.05, 3.63) is 23.8 Å². The minimum atomic E-state index is -4.42. The molecule has 3 N–H and O–H groups in total. The zero-order valence-corrected chi connectivity index (χ0v) is 19.3. The lowest BCUT2D eigenvalue weighted by Gasteiger charge is -2.36. The van der Waals surface area contributed by atoms with Crippen LogP contribution in [-0.4, -0.2) is 87.4 Å². The smallest absolute Gasteiger partial charge is 0.368 e. The van der Waals surface area contributed by atoms with Gasteiger partial charge in [0.25, 0.3) is 5.91 Å². The fourth-order valence-electron chi connectivity index (χ4n) is 4.10. The first-order valence-corrected chi connectivity index (χ1v) is 12.1. The molecule has 34 heavy (non-hydrogen) atoms. The molecule has 3 rings (SSSR count). The highest BCUT2D eigenvalue weighted by atomic mass is 32.2. The lowest BCUT2D eigenvalue weighted by molar-refractivity contribution is -0.152. The van der Waals surface area contributed by atoms with Gasteiger partial charge in [0.05, 0.1) is 11.4 Å². The molecule has 2 fully saturated rings. The number of carbonyl (C=O) groups excluding carboxylic acids is 3. The normalized spacial score (nSPS) is 18.9. The number of primary amides is 1. The zero-order valence-electron chi connectivity index (χ0n) is 18.5. The maximum absolute atomic E-state index is 13.1. The number of amides is 3. The van der Waals surface area contributed by atoms with Crippen LogP contribution < -0.4 is 15.4 Å². The van der Waals surface area contributed by atoms with Crippen LogP contribution in [-0.2, 0) is 24.4 Å². The molecule has 0 unspecified atom stereocenters. The Hall–Kier alpha value is -2.71. The van der Waals surface area contributed by atoms with E-state index in [-0.39, 0.29) is 42.5 Å². The number of anilines is 1. The van der Waals surface area contributed by atoms with Crippen molar-refractivity contribution in [2.75, 3.05) is 44.2 Å². The van der Waals surface area contributed by atoms with Crippen molar-refractivity contribution >= 4 is 33.4 Å². The van der Waals surface area contributed by atoms with Crippen molar-refractivity contribution < 1.29 is 36.0 Å². The molecule has 0 radical (unpaired) electrons. The van der Waals surface area contributed by atoms with Gasteiger partial charge in [-0.3, -0.25) is 19.3 Å².